The lowest BCUT2D eigenvalue weighted by atomic mass is 10.2. The first-order chi connectivity index (χ1) is 15.7. The number of anilines is 4. The number of amides is 3. The zero-order valence-corrected chi connectivity index (χ0v) is 19.2. The summed E-state index contributed by atoms with van der Waals surface area (Å²) in [5, 5.41) is 7.46. The van der Waals surface area contributed by atoms with Crippen molar-refractivity contribution in [2.45, 2.75) is 20.8 Å². The summed E-state index contributed by atoms with van der Waals surface area (Å²) in [5.41, 5.74) is 1.66. The number of nitrogens with zero attached hydrogens (tertiary/aromatic N) is 2. The first-order valence-corrected chi connectivity index (χ1v) is 11.0. The molecule has 0 aliphatic heterocycles. The second-order valence-electron chi connectivity index (χ2n) is 7.41. The minimum atomic E-state index is -0.536. The molecule has 1 aromatic heterocycles. The Labute approximate surface area is 195 Å². The molecule has 7 nitrogen and oxygen atoms in total. The van der Waals surface area contributed by atoms with Crippen molar-refractivity contribution >= 4 is 57.3 Å². The zero-order chi connectivity index (χ0) is 24.0. The number of benzene rings is 2. The van der Waals surface area contributed by atoms with E-state index >= 15 is 0 Å². The van der Waals surface area contributed by atoms with Crippen LogP contribution in [0, 0.1) is 11.7 Å². The number of thiazole rings is 1. The molecule has 9 heteroatoms. The van der Waals surface area contributed by atoms with Gasteiger partial charge < -0.3 is 10.6 Å². The molecule has 0 aliphatic carbocycles. The molecule has 2 aromatic carbocycles. The van der Waals surface area contributed by atoms with E-state index in [1.165, 1.54) is 36.1 Å². The van der Waals surface area contributed by atoms with E-state index in [2.05, 4.69) is 15.6 Å². The average Bonchev–Trinajstić information content (AvgIpc) is 3.22. The summed E-state index contributed by atoms with van der Waals surface area (Å²) >= 11 is 1.16. The first kappa shape index (κ1) is 23.8. The highest BCUT2D eigenvalue weighted by molar-refractivity contribution is 7.14. The van der Waals surface area contributed by atoms with E-state index in [0.29, 0.717) is 22.2 Å². The van der Waals surface area contributed by atoms with Gasteiger partial charge in [0.1, 0.15) is 5.82 Å². The number of nitrogens with one attached hydrogen (secondary N) is 2. The van der Waals surface area contributed by atoms with Gasteiger partial charge in [-0.2, -0.15) is 0 Å². The molecule has 0 spiro atoms. The monoisotopic (exact) mass is 466 g/mol. The van der Waals surface area contributed by atoms with E-state index in [0.717, 1.165) is 11.3 Å². The van der Waals surface area contributed by atoms with E-state index in [9.17, 15) is 18.8 Å². The molecule has 0 fully saturated rings. The first-order valence-electron chi connectivity index (χ1n) is 10.2. The topological polar surface area (TPSA) is 91.4 Å². The molecule has 2 N–H and O–H groups in total. The summed E-state index contributed by atoms with van der Waals surface area (Å²) < 4.78 is 14.2. The molecular weight excluding hydrogens is 443 g/mol. The van der Waals surface area contributed by atoms with Crippen LogP contribution in [0.5, 0.6) is 0 Å². The van der Waals surface area contributed by atoms with Gasteiger partial charge in [-0.3, -0.25) is 19.3 Å². The molecule has 0 atom stereocenters. The van der Waals surface area contributed by atoms with Crippen molar-refractivity contribution in [3.63, 3.8) is 0 Å². The largest absolute Gasteiger partial charge is 0.326 e. The van der Waals surface area contributed by atoms with Gasteiger partial charge in [0, 0.05) is 35.7 Å². The highest BCUT2D eigenvalue weighted by atomic mass is 32.1. The van der Waals surface area contributed by atoms with Gasteiger partial charge in [0.25, 0.3) is 0 Å². The lowest BCUT2D eigenvalue weighted by Gasteiger charge is -2.18. The third kappa shape index (κ3) is 6.33. The van der Waals surface area contributed by atoms with E-state index in [1.807, 2.05) is 0 Å². The van der Waals surface area contributed by atoms with Gasteiger partial charge in [-0.25, -0.2) is 9.37 Å². The van der Waals surface area contributed by atoms with E-state index < -0.39 is 11.7 Å². The Kier molecular flexibility index (Phi) is 7.68. The summed E-state index contributed by atoms with van der Waals surface area (Å²) in [7, 11) is 0. The van der Waals surface area contributed by atoms with Gasteiger partial charge in [0.2, 0.25) is 17.7 Å². The minimum Gasteiger partial charge on any atom is -0.326 e. The number of carbonyl (C=O) groups excluding carboxylic acids is 3. The predicted octanol–water partition coefficient (Wildman–Crippen LogP) is 5.21. The normalized spacial score (nSPS) is 10.9. The molecule has 0 bridgehead atoms. The van der Waals surface area contributed by atoms with Crippen molar-refractivity contribution in [3.05, 3.63) is 71.5 Å². The molecule has 0 aliphatic rings. The van der Waals surface area contributed by atoms with Crippen LogP contribution >= 0.6 is 11.3 Å². The van der Waals surface area contributed by atoms with Crippen LogP contribution in [0.1, 0.15) is 26.5 Å². The van der Waals surface area contributed by atoms with Crippen LogP contribution in [0.15, 0.2) is 60.0 Å². The van der Waals surface area contributed by atoms with Gasteiger partial charge in [-0.05, 0) is 36.4 Å². The quantitative estimate of drug-likeness (QED) is 0.468. The summed E-state index contributed by atoms with van der Waals surface area (Å²) in [6.45, 7) is 4.91. The van der Waals surface area contributed by atoms with Gasteiger partial charge in [0.05, 0.1) is 11.4 Å². The maximum atomic E-state index is 14.2. The van der Waals surface area contributed by atoms with Crippen LogP contribution in [-0.2, 0) is 14.4 Å². The fourth-order valence-electron chi connectivity index (χ4n) is 2.80. The lowest BCUT2D eigenvalue weighted by Crippen LogP contribution is -2.23. The Morgan fingerprint density at radius 2 is 1.76 bits per heavy atom. The smallest absolute Gasteiger partial charge is 0.248 e. The Morgan fingerprint density at radius 3 is 2.42 bits per heavy atom. The predicted molar refractivity (Wildman–Crippen MR) is 129 cm³/mol. The summed E-state index contributed by atoms with van der Waals surface area (Å²) in [6, 6.07) is 12.8. The number of aromatic nitrogens is 1. The Hall–Kier alpha value is -3.85. The fraction of sp³-hybridized carbons (Fsp3) is 0.167. The van der Waals surface area contributed by atoms with E-state index in [1.54, 1.807) is 55.6 Å². The zero-order valence-electron chi connectivity index (χ0n) is 18.3. The van der Waals surface area contributed by atoms with Gasteiger partial charge in [0.15, 0.2) is 5.13 Å². The third-order valence-corrected chi connectivity index (χ3v) is 5.28. The number of hydrogen-bond donors (Lipinski definition) is 2. The lowest BCUT2D eigenvalue weighted by molar-refractivity contribution is -0.119. The van der Waals surface area contributed by atoms with Gasteiger partial charge in [-0.1, -0.05) is 32.0 Å². The van der Waals surface area contributed by atoms with Crippen LogP contribution < -0.4 is 15.5 Å². The molecule has 0 radical (unpaired) electrons. The number of halogens is 1. The van der Waals surface area contributed by atoms with Crippen molar-refractivity contribution in [3.8, 4) is 0 Å². The number of para-hydroxylation sites is 1. The Morgan fingerprint density at radius 1 is 1.06 bits per heavy atom. The van der Waals surface area contributed by atoms with Crippen LogP contribution in [0.4, 0.5) is 26.6 Å². The number of hydrogen-bond acceptors (Lipinski definition) is 5. The summed E-state index contributed by atoms with van der Waals surface area (Å²) in [5.74, 6) is -1.59. The van der Waals surface area contributed by atoms with Crippen molar-refractivity contribution in [1.29, 1.82) is 0 Å². The molecule has 3 aromatic rings. The van der Waals surface area contributed by atoms with Crippen molar-refractivity contribution < 1.29 is 18.8 Å². The summed E-state index contributed by atoms with van der Waals surface area (Å²) in [4.78, 5) is 41.8. The molecule has 0 saturated heterocycles. The molecule has 0 unspecified atom stereocenters. The van der Waals surface area contributed by atoms with E-state index in [4.69, 9.17) is 0 Å². The standard InChI is InChI=1S/C24H23FN4O3S/c1-15(2)23(32)27-18-8-6-7-17(13-18)26-22(31)12-11-19-14-33-24(28-19)29(16(3)30)21-10-5-4-9-20(21)25/h4-15H,1-3H3,(H,26,31)(H,27,32)/b12-11+. The van der Waals surface area contributed by atoms with Crippen molar-refractivity contribution in [2.24, 2.45) is 5.92 Å². The number of rotatable bonds is 7. The maximum Gasteiger partial charge on any atom is 0.248 e. The second kappa shape index (κ2) is 10.6. The molecular formula is C24H23FN4O3S. The van der Waals surface area contributed by atoms with Gasteiger partial charge in [-0.15, -0.1) is 11.3 Å². The molecule has 33 heavy (non-hydrogen) atoms. The minimum absolute atomic E-state index is 0.108. The Bertz CT molecular complexity index is 1210. The fourth-order valence-corrected chi connectivity index (χ4v) is 3.65. The second-order valence-corrected chi connectivity index (χ2v) is 8.24. The SMILES string of the molecule is CC(=O)N(c1nc(/C=C/C(=O)Nc2cccc(NC(=O)C(C)C)c2)cs1)c1ccccc1F. The van der Waals surface area contributed by atoms with E-state index in [-0.39, 0.29) is 23.4 Å². The Balaban J connectivity index is 1.69. The molecule has 170 valence electrons. The third-order valence-electron chi connectivity index (χ3n) is 4.44. The molecule has 3 amide bonds. The average molecular weight is 467 g/mol. The molecule has 1 heterocycles. The summed E-state index contributed by atoms with van der Waals surface area (Å²) in [6.07, 6.45) is 2.80. The number of carbonyl (C=O) groups is 3. The van der Waals surface area contributed by atoms with Crippen molar-refractivity contribution in [1.82, 2.24) is 4.98 Å². The van der Waals surface area contributed by atoms with Crippen LogP contribution in [0.3, 0.4) is 0 Å². The molecule has 3 rings (SSSR count). The van der Waals surface area contributed by atoms with Crippen LogP contribution in [0.25, 0.3) is 6.08 Å². The molecule has 0 saturated carbocycles. The maximum absolute atomic E-state index is 14.2. The highest BCUT2D eigenvalue weighted by Crippen LogP contribution is 2.31. The highest BCUT2D eigenvalue weighted by Gasteiger charge is 2.20. The van der Waals surface area contributed by atoms with Crippen LogP contribution in [-0.4, -0.2) is 22.7 Å². The van der Waals surface area contributed by atoms with Crippen molar-refractivity contribution in [2.75, 3.05) is 15.5 Å². The van der Waals surface area contributed by atoms with Crippen LogP contribution in [0.2, 0.25) is 0 Å². The van der Waals surface area contributed by atoms with Gasteiger partial charge >= 0.3 is 0 Å².